The summed E-state index contributed by atoms with van der Waals surface area (Å²) in [6.07, 6.45) is -0.183. The van der Waals surface area contributed by atoms with E-state index in [1.807, 2.05) is 0 Å². The minimum atomic E-state index is -4.07. The first kappa shape index (κ1) is 14.3. The molecule has 0 aromatic carbocycles. The second-order valence-corrected chi connectivity index (χ2v) is 5.31. The smallest absolute Gasteiger partial charge is 0.264 e. The third kappa shape index (κ3) is 12.5. The Morgan fingerprint density at radius 3 is 1.75 bits per heavy atom. The largest absolute Gasteiger partial charge is 0.344 e. The summed E-state index contributed by atoms with van der Waals surface area (Å²) in [4.78, 5) is 0. The fraction of sp³-hybridized carbons (Fsp3) is 1.00. The summed E-state index contributed by atoms with van der Waals surface area (Å²) in [5.41, 5.74) is 0. The molecular formula is C3H12N2O5S2. The molecule has 76 valence electrons. The van der Waals surface area contributed by atoms with E-state index in [9.17, 15) is 16.8 Å². The Balaban J connectivity index is 0. The van der Waals surface area contributed by atoms with Gasteiger partial charge in [0, 0.05) is 0 Å². The van der Waals surface area contributed by atoms with Gasteiger partial charge in [-0.2, -0.15) is 8.42 Å². The normalized spacial score (nSPS) is 12.2. The molecule has 9 heteroatoms. The molecule has 0 unspecified atom stereocenters. The Kier molecular flexibility index (Phi) is 5.63. The zero-order valence-electron chi connectivity index (χ0n) is 6.30. The van der Waals surface area contributed by atoms with Crippen LogP contribution in [0.15, 0.2) is 0 Å². The third-order valence-electron chi connectivity index (χ3n) is 0.831. The number of primary sulfonamides is 1. The van der Waals surface area contributed by atoms with Crippen molar-refractivity contribution in [2.75, 3.05) is 11.5 Å². The number of rotatable bonds is 4. The van der Waals surface area contributed by atoms with E-state index in [4.69, 9.17) is 4.55 Å². The maximum absolute atomic E-state index is 10.2. The zero-order valence-corrected chi connectivity index (χ0v) is 7.94. The van der Waals surface area contributed by atoms with Gasteiger partial charge in [-0.1, -0.05) is 0 Å². The molecule has 0 aromatic heterocycles. The molecule has 0 saturated carbocycles. The Labute approximate surface area is 71.3 Å². The minimum Gasteiger partial charge on any atom is -0.344 e. The molecule has 0 bridgehead atoms. The van der Waals surface area contributed by atoms with Crippen molar-refractivity contribution in [1.82, 2.24) is 6.15 Å². The molecular weight excluding hydrogens is 208 g/mol. The molecule has 0 spiro atoms. The Morgan fingerprint density at radius 2 is 1.50 bits per heavy atom. The van der Waals surface area contributed by atoms with Crippen LogP contribution in [-0.2, 0) is 20.1 Å². The topological polar surface area (TPSA) is 150 Å². The van der Waals surface area contributed by atoms with Gasteiger partial charge in [-0.25, -0.2) is 13.6 Å². The summed E-state index contributed by atoms with van der Waals surface area (Å²) < 4.78 is 48.7. The third-order valence-corrected chi connectivity index (χ3v) is 2.49. The first-order chi connectivity index (χ1) is 4.71. The van der Waals surface area contributed by atoms with E-state index in [-0.39, 0.29) is 12.6 Å². The van der Waals surface area contributed by atoms with Crippen molar-refractivity contribution >= 4 is 20.1 Å². The van der Waals surface area contributed by atoms with Crippen molar-refractivity contribution in [3.63, 3.8) is 0 Å². The number of nitrogens with two attached hydrogens (primary N) is 1. The average molecular weight is 220 g/mol. The van der Waals surface area contributed by atoms with Crippen molar-refractivity contribution in [2.24, 2.45) is 5.14 Å². The Hall–Kier alpha value is -0.220. The van der Waals surface area contributed by atoms with Gasteiger partial charge < -0.3 is 6.15 Å². The lowest BCUT2D eigenvalue weighted by atomic mass is 10.6. The molecule has 0 saturated heterocycles. The van der Waals surface area contributed by atoms with Crippen LogP contribution < -0.4 is 11.3 Å². The Morgan fingerprint density at radius 1 is 1.08 bits per heavy atom. The van der Waals surface area contributed by atoms with Crippen molar-refractivity contribution < 1.29 is 21.4 Å². The maximum atomic E-state index is 10.2. The quantitative estimate of drug-likeness (QED) is 0.502. The molecule has 7 nitrogen and oxygen atoms in total. The van der Waals surface area contributed by atoms with E-state index in [0.29, 0.717) is 0 Å². The average Bonchev–Trinajstić information content (AvgIpc) is 1.55. The highest BCUT2D eigenvalue weighted by Gasteiger charge is 2.07. The van der Waals surface area contributed by atoms with Gasteiger partial charge in [0.05, 0.1) is 11.5 Å². The Bertz CT molecular complexity index is 272. The molecule has 0 aliphatic rings. The van der Waals surface area contributed by atoms with Crippen molar-refractivity contribution in [3.8, 4) is 0 Å². The fourth-order valence-corrected chi connectivity index (χ4v) is 1.68. The monoisotopic (exact) mass is 220 g/mol. The molecule has 0 aliphatic carbocycles. The predicted octanol–water partition coefficient (Wildman–Crippen LogP) is -1.29. The number of sulfonamides is 1. The lowest BCUT2D eigenvalue weighted by molar-refractivity contribution is 0.482. The van der Waals surface area contributed by atoms with Crippen LogP contribution >= 0.6 is 0 Å². The van der Waals surface area contributed by atoms with E-state index in [0.717, 1.165) is 0 Å². The van der Waals surface area contributed by atoms with Gasteiger partial charge in [0.2, 0.25) is 10.0 Å². The van der Waals surface area contributed by atoms with Crippen LogP contribution in [-0.4, -0.2) is 32.9 Å². The lowest BCUT2D eigenvalue weighted by Gasteiger charge is -1.95. The first-order valence-corrected chi connectivity index (χ1v) is 5.99. The summed E-state index contributed by atoms with van der Waals surface area (Å²) >= 11 is 0. The molecule has 0 aliphatic heterocycles. The van der Waals surface area contributed by atoms with Crippen LogP contribution in [0.25, 0.3) is 0 Å². The molecule has 12 heavy (non-hydrogen) atoms. The van der Waals surface area contributed by atoms with Crippen molar-refractivity contribution in [1.29, 1.82) is 0 Å². The van der Waals surface area contributed by atoms with Gasteiger partial charge in [-0.3, -0.25) is 4.55 Å². The predicted molar refractivity (Wildman–Crippen MR) is 44.0 cm³/mol. The number of hydrogen-bond donors (Lipinski definition) is 3. The van der Waals surface area contributed by atoms with Crippen LogP contribution in [0.3, 0.4) is 0 Å². The van der Waals surface area contributed by atoms with Crippen LogP contribution in [0.2, 0.25) is 0 Å². The summed E-state index contributed by atoms with van der Waals surface area (Å²) in [5, 5.41) is 4.56. The van der Waals surface area contributed by atoms with Gasteiger partial charge >= 0.3 is 0 Å². The highest BCUT2D eigenvalue weighted by atomic mass is 32.2. The van der Waals surface area contributed by atoms with Gasteiger partial charge in [0.15, 0.2) is 0 Å². The summed E-state index contributed by atoms with van der Waals surface area (Å²) in [6, 6.07) is 0. The number of hydrogen-bond acceptors (Lipinski definition) is 5. The molecule has 0 aromatic rings. The lowest BCUT2D eigenvalue weighted by Crippen LogP contribution is -2.18. The molecule has 0 amide bonds. The molecule has 0 atom stereocenters. The summed E-state index contributed by atoms with van der Waals surface area (Å²) in [7, 11) is -7.69. The molecule has 0 heterocycles. The van der Waals surface area contributed by atoms with Gasteiger partial charge in [0.25, 0.3) is 10.1 Å². The van der Waals surface area contributed by atoms with Crippen LogP contribution in [0, 0.1) is 0 Å². The fourth-order valence-electron chi connectivity index (χ4n) is 0.443. The van der Waals surface area contributed by atoms with Gasteiger partial charge in [-0.15, -0.1) is 0 Å². The molecule has 6 N–H and O–H groups in total. The SMILES string of the molecule is N.NS(=O)(=O)CCCS(=O)(=O)O. The zero-order chi connectivity index (χ0) is 9.12. The van der Waals surface area contributed by atoms with E-state index in [1.54, 1.807) is 0 Å². The van der Waals surface area contributed by atoms with E-state index in [2.05, 4.69) is 5.14 Å². The molecule has 0 fully saturated rings. The maximum Gasteiger partial charge on any atom is 0.264 e. The van der Waals surface area contributed by atoms with Crippen molar-refractivity contribution in [2.45, 2.75) is 6.42 Å². The summed E-state index contributed by atoms with van der Waals surface area (Å²) in [5.74, 6) is -1.02. The second kappa shape index (κ2) is 4.72. The van der Waals surface area contributed by atoms with Crippen molar-refractivity contribution in [3.05, 3.63) is 0 Å². The van der Waals surface area contributed by atoms with E-state index in [1.165, 1.54) is 0 Å². The molecule has 0 rings (SSSR count). The van der Waals surface area contributed by atoms with Gasteiger partial charge in [-0.05, 0) is 6.42 Å². The van der Waals surface area contributed by atoms with E-state index >= 15 is 0 Å². The van der Waals surface area contributed by atoms with E-state index < -0.39 is 31.6 Å². The minimum absolute atomic E-state index is 0. The van der Waals surface area contributed by atoms with Gasteiger partial charge in [0.1, 0.15) is 0 Å². The molecule has 0 radical (unpaired) electrons. The summed E-state index contributed by atoms with van der Waals surface area (Å²) in [6.45, 7) is 0. The standard InChI is InChI=1S/C3H9NO5S2.H3N/c4-10(5,6)2-1-3-11(7,8)9;/h1-3H2,(H2,4,5,6)(H,7,8,9);1H3. The first-order valence-electron chi connectivity index (χ1n) is 2.66. The van der Waals surface area contributed by atoms with Crippen LogP contribution in [0.4, 0.5) is 0 Å². The highest BCUT2D eigenvalue weighted by molar-refractivity contribution is 7.89. The van der Waals surface area contributed by atoms with Crippen LogP contribution in [0.5, 0.6) is 0 Å². The van der Waals surface area contributed by atoms with Crippen LogP contribution in [0.1, 0.15) is 6.42 Å². The highest BCUT2D eigenvalue weighted by Crippen LogP contribution is 1.90. The second-order valence-electron chi connectivity index (χ2n) is 2.01.